The minimum atomic E-state index is 0.696. The molecule has 1 aliphatic heterocycles. The Morgan fingerprint density at radius 1 is 1.33 bits per heavy atom. The number of hydrogen-bond donors (Lipinski definition) is 0. The molecule has 2 rings (SSSR count). The van der Waals surface area contributed by atoms with Crippen LogP contribution in [0.4, 0.5) is 0 Å². The smallest absolute Gasteiger partial charge is 0.213 e. The second-order valence-electron chi connectivity index (χ2n) is 3.71. The molecule has 0 unspecified atom stereocenters. The fraction of sp³-hybridized carbons (Fsp3) is 0.500. The van der Waals surface area contributed by atoms with Gasteiger partial charge in [-0.2, -0.15) is 0 Å². The van der Waals surface area contributed by atoms with Crippen LogP contribution in [0.25, 0.3) is 0 Å². The Morgan fingerprint density at radius 3 is 3.13 bits per heavy atom. The molecule has 0 aliphatic carbocycles. The van der Waals surface area contributed by atoms with Crippen molar-refractivity contribution >= 4 is 6.21 Å². The summed E-state index contributed by atoms with van der Waals surface area (Å²) in [5, 5.41) is 0. The van der Waals surface area contributed by atoms with E-state index < -0.39 is 0 Å². The zero-order chi connectivity index (χ0) is 10.5. The van der Waals surface area contributed by atoms with Gasteiger partial charge in [0, 0.05) is 17.8 Å². The van der Waals surface area contributed by atoms with Crippen LogP contribution in [-0.2, 0) is 6.54 Å². The van der Waals surface area contributed by atoms with E-state index in [-0.39, 0.29) is 0 Å². The van der Waals surface area contributed by atoms with E-state index in [1.807, 2.05) is 18.3 Å². The monoisotopic (exact) mass is 204 g/mol. The molecular formula is C12H16N2O. The summed E-state index contributed by atoms with van der Waals surface area (Å²) in [7, 11) is 0. The number of ether oxygens (including phenoxy) is 1. The molecule has 0 spiro atoms. The number of hydrogen-bond acceptors (Lipinski definition) is 3. The van der Waals surface area contributed by atoms with Gasteiger partial charge in [-0.1, -0.05) is 19.8 Å². The van der Waals surface area contributed by atoms with E-state index in [9.17, 15) is 0 Å². The molecule has 0 radical (unpaired) electrons. The first-order chi connectivity index (χ1) is 7.40. The maximum absolute atomic E-state index is 5.57. The van der Waals surface area contributed by atoms with Crippen LogP contribution < -0.4 is 4.74 Å². The lowest BCUT2D eigenvalue weighted by Gasteiger charge is -2.05. The van der Waals surface area contributed by atoms with Gasteiger partial charge in [-0.05, 0) is 12.5 Å². The highest BCUT2D eigenvalue weighted by Crippen LogP contribution is 2.16. The van der Waals surface area contributed by atoms with E-state index >= 15 is 0 Å². The van der Waals surface area contributed by atoms with Crippen LogP contribution in [0.2, 0.25) is 0 Å². The van der Waals surface area contributed by atoms with Gasteiger partial charge in [0.2, 0.25) is 5.88 Å². The maximum atomic E-state index is 5.57. The third-order valence-electron chi connectivity index (χ3n) is 2.45. The van der Waals surface area contributed by atoms with E-state index in [1.54, 1.807) is 0 Å². The van der Waals surface area contributed by atoms with E-state index in [1.165, 1.54) is 12.8 Å². The number of pyridine rings is 1. The Hall–Kier alpha value is -1.38. The van der Waals surface area contributed by atoms with Crippen molar-refractivity contribution in [2.75, 3.05) is 6.61 Å². The van der Waals surface area contributed by atoms with Crippen molar-refractivity contribution in [1.29, 1.82) is 0 Å². The van der Waals surface area contributed by atoms with Gasteiger partial charge in [0.15, 0.2) is 0 Å². The zero-order valence-corrected chi connectivity index (χ0v) is 9.07. The van der Waals surface area contributed by atoms with Crippen molar-refractivity contribution < 1.29 is 4.74 Å². The Kier molecular flexibility index (Phi) is 3.33. The Labute approximate surface area is 90.2 Å². The maximum Gasteiger partial charge on any atom is 0.213 e. The van der Waals surface area contributed by atoms with Crippen LogP contribution in [0.5, 0.6) is 5.88 Å². The van der Waals surface area contributed by atoms with Gasteiger partial charge < -0.3 is 4.74 Å². The first-order valence-corrected chi connectivity index (χ1v) is 5.52. The summed E-state index contributed by atoms with van der Waals surface area (Å²) in [6, 6.07) is 3.94. The summed E-state index contributed by atoms with van der Waals surface area (Å²) in [4.78, 5) is 8.56. The van der Waals surface area contributed by atoms with Crippen LogP contribution in [0.1, 0.15) is 37.4 Å². The molecule has 80 valence electrons. The molecule has 2 heterocycles. The molecule has 0 amide bonds. The highest BCUT2D eigenvalue weighted by molar-refractivity contribution is 5.83. The summed E-state index contributed by atoms with van der Waals surface area (Å²) in [6.07, 6.45) is 5.40. The molecule has 0 N–H and O–H groups in total. The highest BCUT2D eigenvalue weighted by Gasteiger charge is 2.08. The Balaban J connectivity index is 1.88. The summed E-state index contributed by atoms with van der Waals surface area (Å²) in [6.45, 7) is 3.65. The van der Waals surface area contributed by atoms with Gasteiger partial charge in [-0.3, -0.25) is 4.99 Å². The summed E-state index contributed by atoms with van der Waals surface area (Å²) >= 11 is 0. The molecule has 0 aromatic carbocycles. The zero-order valence-electron chi connectivity index (χ0n) is 9.07. The van der Waals surface area contributed by atoms with Gasteiger partial charge in [0.25, 0.3) is 0 Å². The molecule has 1 aromatic rings. The van der Waals surface area contributed by atoms with Crippen molar-refractivity contribution in [1.82, 2.24) is 4.98 Å². The lowest BCUT2D eigenvalue weighted by molar-refractivity contribution is 0.294. The standard InChI is InChI=1S/C12H16N2O/c1-2-3-4-7-15-12-6-5-10-8-13-9-11(10)14-12/h5-6,8H,2-4,7,9H2,1H3. The van der Waals surface area contributed by atoms with Crippen LogP contribution in [0.3, 0.4) is 0 Å². The number of aliphatic imine (C=N–C) groups is 1. The van der Waals surface area contributed by atoms with E-state index in [0.29, 0.717) is 6.54 Å². The molecule has 1 aliphatic rings. The van der Waals surface area contributed by atoms with Crippen LogP contribution in [0.15, 0.2) is 17.1 Å². The predicted molar refractivity (Wildman–Crippen MR) is 60.6 cm³/mol. The largest absolute Gasteiger partial charge is 0.478 e. The summed E-state index contributed by atoms with van der Waals surface area (Å²) in [5.74, 6) is 0.732. The van der Waals surface area contributed by atoms with E-state index in [2.05, 4.69) is 16.9 Å². The van der Waals surface area contributed by atoms with Gasteiger partial charge in [-0.25, -0.2) is 4.98 Å². The highest BCUT2D eigenvalue weighted by atomic mass is 16.5. The van der Waals surface area contributed by atoms with Crippen LogP contribution in [0, 0.1) is 0 Å². The molecule has 1 aromatic heterocycles. The molecule has 0 fully saturated rings. The average Bonchev–Trinajstić information content (AvgIpc) is 2.71. The third kappa shape index (κ3) is 2.55. The normalized spacial score (nSPS) is 12.9. The predicted octanol–water partition coefficient (Wildman–Crippen LogP) is 2.58. The third-order valence-corrected chi connectivity index (χ3v) is 2.45. The summed E-state index contributed by atoms with van der Waals surface area (Å²) in [5.41, 5.74) is 2.15. The molecule has 0 saturated heterocycles. The summed E-state index contributed by atoms with van der Waals surface area (Å²) < 4.78 is 5.57. The minimum Gasteiger partial charge on any atom is -0.478 e. The average molecular weight is 204 g/mol. The van der Waals surface area contributed by atoms with Crippen LogP contribution in [-0.4, -0.2) is 17.8 Å². The molecule has 0 saturated carbocycles. The number of fused-ring (bicyclic) bond motifs is 1. The quantitative estimate of drug-likeness (QED) is 0.691. The molecular weight excluding hydrogens is 188 g/mol. The Morgan fingerprint density at radius 2 is 2.27 bits per heavy atom. The van der Waals surface area contributed by atoms with Crippen molar-refractivity contribution in [2.24, 2.45) is 4.99 Å². The fourth-order valence-corrected chi connectivity index (χ4v) is 1.58. The van der Waals surface area contributed by atoms with Gasteiger partial charge >= 0.3 is 0 Å². The Bertz CT molecular complexity index is 361. The number of nitrogens with zero attached hydrogens (tertiary/aromatic N) is 2. The van der Waals surface area contributed by atoms with Crippen LogP contribution >= 0.6 is 0 Å². The molecule has 0 atom stereocenters. The van der Waals surface area contributed by atoms with Gasteiger partial charge in [0.1, 0.15) is 0 Å². The number of aromatic nitrogens is 1. The van der Waals surface area contributed by atoms with Gasteiger partial charge in [-0.15, -0.1) is 0 Å². The second-order valence-corrected chi connectivity index (χ2v) is 3.71. The van der Waals surface area contributed by atoms with Crippen molar-refractivity contribution in [3.05, 3.63) is 23.4 Å². The molecule has 0 bridgehead atoms. The van der Waals surface area contributed by atoms with E-state index in [0.717, 1.165) is 30.2 Å². The number of rotatable bonds is 5. The number of unbranched alkanes of at least 4 members (excludes halogenated alkanes) is 2. The molecule has 3 nitrogen and oxygen atoms in total. The van der Waals surface area contributed by atoms with E-state index in [4.69, 9.17) is 4.74 Å². The lowest BCUT2D eigenvalue weighted by atomic mass is 10.2. The first-order valence-electron chi connectivity index (χ1n) is 5.52. The van der Waals surface area contributed by atoms with Crippen molar-refractivity contribution in [2.45, 2.75) is 32.7 Å². The van der Waals surface area contributed by atoms with Gasteiger partial charge in [0.05, 0.1) is 18.8 Å². The van der Waals surface area contributed by atoms with Crippen molar-refractivity contribution in [3.8, 4) is 5.88 Å². The topological polar surface area (TPSA) is 34.5 Å². The minimum absolute atomic E-state index is 0.696. The SMILES string of the molecule is CCCCCOc1ccc2c(n1)CN=C2. The first kappa shape index (κ1) is 10.1. The van der Waals surface area contributed by atoms with Crippen molar-refractivity contribution in [3.63, 3.8) is 0 Å². The molecule has 15 heavy (non-hydrogen) atoms. The lowest BCUT2D eigenvalue weighted by Crippen LogP contribution is -2.00. The fourth-order valence-electron chi connectivity index (χ4n) is 1.58. The molecule has 3 heteroatoms. The second kappa shape index (κ2) is 4.91.